The summed E-state index contributed by atoms with van der Waals surface area (Å²) in [6, 6.07) is 3.88. The summed E-state index contributed by atoms with van der Waals surface area (Å²) in [6.07, 6.45) is 4.62. The Morgan fingerprint density at radius 2 is 1.61 bits per heavy atom. The van der Waals surface area contributed by atoms with E-state index in [1.54, 1.807) is 19.5 Å². The number of Topliss-reactive ketones (excluding diaryl/α,β-unsaturated/α-hetero) is 1. The van der Waals surface area contributed by atoms with Crippen LogP contribution in [0.1, 0.15) is 48.3 Å². The molecule has 3 heteroatoms. The quantitative estimate of drug-likeness (QED) is 0.801. The lowest BCUT2D eigenvalue weighted by atomic mass is 9.92. The second-order valence-electron chi connectivity index (χ2n) is 4.73. The zero-order valence-corrected chi connectivity index (χ0v) is 11.0. The molecule has 0 spiro atoms. The standard InChI is InChI=1S/C15H18O3/c1-10-6-8-17-14(10)13(5-4-12(3)16)15-11(2)7-9-18-15/h6-9,13H,4-5H2,1-3H3. The van der Waals surface area contributed by atoms with Crippen LogP contribution in [0.3, 0.4) is 0 Å². The summed E-state index contributed by atoms with van der Waals surface area (Å²) in [6.45, 7) is 5.64. The van der Waals surface area contributed by atoms with Gasteiger partial charge in [0.1, 0.15) is 17.3 Å². The Bertz CT molecular complexity index is 493. The summed E-state index contributed by atoms with van der Waals surface area (Å²) in [5.41, 5.74) is 2.19. The third-order valence-electron chi connectivity index (χ3n) is 3.22. The van der Waals surface area contributed by atoms with E-state index in [-0.39, 0.29) is 11.7 Å². The fourth-order valence-electron chi connectivity index (χ4n) is 2.21. The van der Waals surface area contributed by atoms with Crippen LogP contribution >= 0.6 is 0 Å². The van der Waals surface area contributed by atoms with Gasteiger partial charge in [0.2, 0.25) is 0 Å². The minimum atomic E-state index is 0.0268. The van der Waals surface area contributed by atoms with Crippen LogP contribution < -0.4 is 0 Å². The van der Waals surface area contributed by atoms with Gasteiger partial charge in [0.25, 0.3) is 0 Å². The molecule has 0 atom stereocenters. The van der Waals surface area contributed by atoms with Crippen molar-refractivity contribution in [1.29, 1.82) is 0 Å². The molecule has 0 amide bonds. The van der Waals surface area contributed by atoms with Gasteiger partial charge in [-0.25, -0.2) is 0 Å². The average Bonchev–Trinajstić information content (AvgIpc) is 2.90. The van der Waals surface area contributed by atoms with Crippen LogP contribution in [0, 0.1) is 13.8 Å². The molecule has 0 aliphatic rings. The smallest absolute Gasteiger partial charge is 0.129 e. The Kier molecular flexibility index (Phi) is 3.70. The molecule has 0 saturated heterocycles. The van der Waals surface area contributed by atoms with Gasteiger partial charge < -0.3 is 13.6 Å². The number of aryl methyl sites for hydroxylation is 2. The van der Waals surface area contributed by atoms with Crippen molar-refractivity contribution in [3.63, 3.8) is 0 Å². The van der Waals surface area contributed by atoms with Crippen molar-refractivity contribution in [2.75, 3.05) is 0 Å². The molecule has 2 aromatic heterocycles. The molecule has 3 nitrogen and oxygen atoms in total. The van der Waals surface area contributed by atoms with Gasteiger partial charge in [-0.3, -0.25) is 0 Å². The lowest BCUT2D eigenvalue weighted by molar-refractivity contribution is -0.117. The summed E-state index contributed by atoms with van der Waals surface area (Å²) in [4.78, 5) is 11.2. The van der Waals surface area contributed by atoms with Crippen molar-refractivity contribution in [3.05, 3.63) is 47.3 Å². The first-order valence-corrected chi connectivity index (χ1v) is 6.17. The number of carbonyl (C=O) groups excluding carboxylic acids is 1. The van der Waals surface area contributed by atoms with Gasteiger partial charge in [-0.1, -0.05) is 0 Å². The van der Waals surface area contributed by atoms with E-state index < -0.39 is 0 Å². The van der Waals surface area contributed by atoms with E-state index in [4.69, 9.17) is 8.83 Å². The first kappa shape index (κ1) is 12.7. The van der Waals surface area contributed by atoms with Gasteiger partial charge in [-0.05, 0) is 50.5 Å². The molecular formula is C15H18O3. The monoisotopic (exact) mass is 246 g/mol. The Morgan fingerprint density at radius 3 is 1.94 bits per heavy atom. The number of ketones is 1. The first-order valence-electron chi connectivity index (χ1n) is 6.17. The average molecular weight is 246 g/mol. The summed E-state index contributed by atoms with van der Waals surface area (Å²) in [5.74, 6) is 2.01. The van der Waals surface area contributed by atoms with Gasteiger partial charge >= 0.3 is 0 Å². The van der Waals surface area contributed by atoms with Crippen LogP contribution in [-0.4, -0.2) is 5.78 Å². The third kappa shape index (κ3) is 2.55. The SMILES string of the molecule is CC(=O)CCC(c1occc1C)c1occc1C. The summed E-state index contributed by atoms with van der Waals surface area (Å²) < 4.78 is 11.1. The van der Waals surface area contributed by atoms with Gasteiger partial charge in [0, 0.05) is 6.42 Å². The number of hydrogen-bond acceptors (Lipinski definition) is 3. The van der Waals surface area contributed by atoms with Crippen molar-refractivity contribution in [1.82, 2.24) is 0 Å². The maximum absolute atomic E-state index is 11.2. The van der Waals surface area contributed by atoms with E-state index in [2.05, 4.69) is 0 Å². The molecule has 0 radical (unpaired) electrons. The number of carbonyl (C=O) groups is 1. The molecule has 0 aliphatic heterocycles. The molecule has 0 N–H and O–H groups in total. The molecule has 96 valence electrons. The summed E-state index contributed by atoms with van der Waals surface area (Å²) in [7, 11) is 0. The zero-order chi connectivity index (χ0) is 13.1. The fourth-order valence-corrected chi connectivity index (χ4v) is 2.21. The van der Waals surface area contributed by atoms with Crippen LogP contribution in [0.2, 0.25) is 0 Å². The highest BCUT2D eigenvalue weighted by Crippen LogP contribution is 2.34. The normalized spacial score (nSPS) is 11.1. The maximum atomic E-state index is 11.2. The molecule has 0 aromatic carbocycles. The lowest BCUT2D eigenvalue weighted by Gasteiger charge is -2.13. The van der Waals surface area contributed by atoms with E-state index in [1.165, 1.54) is 0 Å². The largest absolute Gasteiger partial charge is 0.468 e. The Hall–Kier alpha value is -1.77. The highest BCUT2D eigenvalue weighted by molar-refractivity contribution is 5.75. The predicted octanol–water partition coefficient (Wildman–Crippen LogP) is 3.99. The van der Waals surface area contributed by atoms with Crippen molar-refractivity contribution in [2.45, 2.75) is 39.5 Å². The molecule has 18 heavy (non-hydrogen) atoms. The van der Waals surface area contributed by atoms with E-state index >= 15 is 0 Å². The molecule has 2 heterocycles. The van der Waals surface area contributed by atoms with Crippen LogP contribution in [-0.2, 0) is 4.79 Å². The van der Waals surface area contributed by atoms with E-state index in [1.807, 2.05) is 26.0 Å². The van der Waals surface area contributed by atoms with Gasteiger partial charge in [0.15, 0.2) is 0 Å². The first-order chi connectivity index (χ1) is 8.59. The van der Waals surface area contributed by atoms with Gasteiger partial charge in [-0.15, -0.1) is 0 Å². The topological polar surface area (TPSA) is 43.4 Å². The molecule has 2 aromatic rings. The fraction of sp³-hybridized carbons (Fsp3) is 0.400. The molecule has 0 fully saturated rings. The highest BCUT2D eigenvalue weighted by Gasteiger charge is 2.24. The zero-order valence-electron chi connectivity index (χ0n) is 11.0. The molecule has 0 saturated carbocycles. The third-order valence-corrected chi connectivity index (χ3v) is 3.22. The molecule has 0 bridgehead atoms. The van der Waals surface area contributed by atoms with Crippen molar-refractivity contribution >= 4 is 5.78 Å². The second kappa shape index (κ2) is 5.25. The maximum Gasteiger partial charge on any atom is 0.129 e. The summed E-state index contributed by atoms with van der Waals surface area (Å²) in [5, 5.41) is 0. The summed E-state index contributed by atoms with van der Waals surface area (Å²) >= 11 is 0. The van der Waals surface area contributed by atoms with E-state index in [0.717, 1.165) is 29.1 Å². The Morgan fingerprint density at radius 1 is 1.11 bits per heavy atom. The number of rotatable bonds is 5. The number of hydrogen-bond donors (Lipinski definition) is 0. The van der Waals surface area contributed by atoms with Crippen molar-refractivity contribution in [2.24, 2.45) is 0 Å². The van der Waals surface area contributed by atoms with Crippen molar-refractivity contribution < 1.29 is 13.6 Å². The number of furan rings is 2. The Labute approximate surface area is 107 Å². The van der Waals surface area contributed by atoms with Crippen LogP contribution in [0.4, 0.5) is 0 Å². The minimum Gasteiger partial charge on any atom is -0.468 e. The van der Waals surface area contributed by atoms with Crippen LogP contribution in [0.25, 0.3) is 0 Å². The molecule has 0 aliphatic carbocycles. The van der Waals surface area contributed by atoms with Crippen LogP contribution in [0.15, 0.2) is 33.5 Å². The molecule has 2 rings (SSSR count). The lowest BCUT2D eigenvalue weighted by Crippen LogP contribution is -2.04. The van der Waals surface area contributed by atoms with E-state index in [9.17, 15) is 4.79 Å². The molecular weight excluding hydrogens is 228 g/mol. The molecule has 0 unspecified atom stereocenters. The minimum absolute atomic E-state index is 0.0268. The van der Waals surface area contributed by atoms with Crippen LogP contribution in [0.5, 0.6) is 0 Å². The van der Waals surface area contributed by atoms with Crippen molar-refractivity contribution in [3.8, 4) is 0 Å². The predicted molar refractivity (Wildman–Crippen MR) is 68.6 cm³/mol. The Balaban J connectivity index is 2.32. The highest BCUT2D eigenvalue weighted by atomic mass is 16.3. The van der Waals surface area contributed by atoms with Gasteiger partial charge in [-0.2, -0.15) is 0 Å². The van der Waals surface area contributed by atoms with E-state index in [0.29, 0.717) is 6.42 Å². The van der Waals surface area contributed by atoms with Gasteiger partial charge in [0.05, 0.1) is 18.4 Å². The second-order valence-corrected chi connectivity index (χ2v) is 4.73.